The summed E-state index contributed by atoms with van der Waals surface area (Å²) in [4.78, 5) is 36.6. The number of carbonyl (C=O) groups excluding carboxylic acids is 1. The third kappa shape index (κ3) is 5.92. The number of hydrogen-bond donors (Lipinski definition) is 3. The van der Waals surface area contributed by atoms with E-state index >= 15 is 0 Å². The summed E-state index contributed by atoms with van der Waals surface area (Å²) in [7, 11) is 1.55. The van der Waals surface area contributed by atoms with Gasteiger partial charge in [0.2, 0.25) is 5.91 Å². The number of ether oxygens (including phenoxy) is 1. The third-order valence-corrected chi connectivity index (χ3v) is 3.90. The van der Waals surface area contributed by atoms with Crippen LogP contribution in [0.2, 0.25) is 0 Å². The van der Waals surface area contributed by atoms with E-state index in [0.717, 1.165) is 11.8 Å². The van der Waals surface area contributed by atoms with Gasteiger partial charge in [-0.1, -0.05) is 11.8 Å². The van der Waals surface area contributed by atoms with E-state index in [4.69, 9.17) is 9.84 Å². The average molecular weight is 364 g/mol. The average Bonchev–Trinajstić information content (AvgIpc) is 2.59. The van der Waals surface area contributed by atoms with Crippen LogP contribution in [0, 0.1) is 0 Å². The summed E-state index contributed by atoms with van der Waals surface area (Å²) < 4.78 is 5.03. The molecule has 3 N–H and O–H groups in total. The second-order valence-electron chi connectivity index (χ2n) is 4.87. The number of anilines is 1. The van der Waals surface area contributed by atoms with E-state index < -0.39 is 11.5 Å². The number of carbonyl (C=O) groups is 2. The number of aromatic amines is 1. The number of aliphatic carboxylic acids is 1. The lowest BCUT2D eigenvalue weighted by molar-refractivity contribution is -0.137. The van der Waals surface area contributed by atoms with Gasteiger partial charge in [-0.25, -0.2) is 0 Å². The van der Waals surface area contributed by atoms with Crippen LogP contribution in [-0.4, -0.2) is 45.0 Å². The zero-order valence-corrected chi connectivity index (χ0v) is 14.1. The van der Waals surface area contributed by atoms with E-state index in [9.17, 15) is 14.4 Å². The number of benzene rings is 1. The summed E-state index contributed by atoms with van der Waals surface area (Å²) in [6.07, 6.45) is -0.199. The number of H-pyrrole nitrogens is 1. The number of aromatic nitrogens is 3. The molecular weight excluding hydrogens is 348 g/mol. The van der Waals surface area contributed by atoms with Crippen molar-refractivity contribution in [2.75, 3.05) is 18.2 Å². The van der Waals surface area contributed by atoms with Crippen LogP contribution in [0.3, 0.4) is 0 Å². The van der Waals surface area contributed by atoms with Crippen molar-refractivity contribution in [3.8, 4) is 5.75 Å². The fourth-order valence-electron chi connectivity index (χ4n) is 1.80. The zero-order valence-electron chi connectivity index (χ0n) is 13.3. The van der Waals surface area contributed by atoms with Gasteiger partial charge in [0.15, 0.2) is 5.16 Å². The maximum atomic E-state index is 11.9. The molecule has 9 nitrogen and oxygen atoms in total. The Morgan fingerprint density at radius 1 is 1.28 bits per heavy atom. The van der Waals surface area contributed by atoms with Crippen LogP contribution in [0.5, 0.6) is 5.75 Å². The van der Waals surface area contributed by atoms with E-state index in [1.54, 1.807) is 31.4 Å². The second-order valence-corrected chi connectivity index (χ2v) is 5.83. The first-order valence-electron chi connectivity index (χ1n) is 7.22. The molecule has 1 aromatic carbocycles. The number of rotatable bonds is 8. The minimum absolute atomic E-state index is 0.000565. The lowest BCUT2D eigenvalue weighted by Gasteiger charge is -2.06. The summed E-state index contributed by atoms with van der Waals surface area (Å²) in [5, 5.41) is 19.0. The molecule has 0 spiro atoms. The Morgan fingerprint density at radius 3 is 2.60 bits per heavy atom. The van der Waals surface area contributed by atoms with Crippen molar-refractivity contribution < 1.29 is 19.4 Å². The highest BCUT2D eigenvalue weighted by molar-refractivity contribution is 7.99. The van der Waals surface area contributed by atoms with E-state index in [1.807, 2.05) is 0 Å². The highest BCUT2D eigenvalue weighted by Gasteiger charge is 2.10. The van der Waals surface area contributed by atoms with Crippen molar-refractivity contribution in [2.24, 2.45) is 0 Å². The van der Waals surface area contributed by atoms with Crippen LogP contribution >= 0.6 is 11.8 Å². The van der Waals surface area contributed by atoms with E-state index in [-0.39, 0.29) is 35.4 Å². The molecule has 1 amide bonds. The molecule has 0 saturated heterocycles. The Balaban J connectivity index is 1.87. The molecular formula is C15H16N4O5S. The van der Waals surface area contributed by atoms with E-state index in [2.05, 4.69) is 20.5 Å². The summed E-state index contributed by atoms with van der Waals surface area (Å²) in [6, 6.07) is 6.86. The van der Waals surface area contributed by atoms with Gasteiger partial charge in [0.05, 0.1) is 19.3 Å². The Kier molecular flexibility index (Phi) is 6.52. The Hall–Kier alpha value is -2.88. The third-order valence-electron chi connectivity index (χ3n) is 3.03. The van der Waals surface area contributed by atoms with Crippen LogP contribution in [-0.2, 0) is 16.0 Å². The summed E-state index contributed by atoms with van der Waals surface area (Å²) in [6.45, 7) is 0. The quantitative estimate of drug-likeness (QED) is 0.589. The number of hydrogen-bond acceptors (Lipinski definition) is 7. The van der Waals surface area contributed by atoms with Gasteiger partial charge >= 0.3 is 5.97 Å². The molecule has 0 bridgehead atoms. The molecule has 0 aliphatic carbocycles. The second kappa shape index (κ2) is 8.83. The van der Waals surface area contributed by atoms with Crippen LogP contribution < -0.4 is 15.6 Å². The predicted octanol–water partition coefficient (Wildman–Crippen LogP) is 0.921. The minimum Gasteiger partial charge on any atom is -0.497 e. The molecule has 0 aliphatic rings. The SMILES string of the molecule is COc1ccc(NC(=O)CSc2nnc(CCC(=O)O)c(=O)[nH]2)cc1. The highest BCUT2D eigenvalue weighted by atomic mass is 32.2. The van der Waals surface area contributed by atoms with Gasteiger partial charge in [0.1, 0.15) is 11.4 Å². The first-order valence-corrected chi connectivity index (χ1v) is 8.21. The van der Waals surface area contributed by atoms with Gasteiger partial charge in [-0.3, -0.25) is 19.4 Å². The lowest BCUT2D eigenvalue weighted by atomic mass is 10.2. The standard InChI is InChI=1S/C15H16N4O5S/c1-24-10-4-2-9(3-5-10)16-12(20)8-25-15-17-14(23)11(18-19-15)6-7-13(21)22/h2-5H,6-8H2,1H3,(H,16,20)(H,21,22)(H,17,19,23). The topological polar surface area (TPSA) is 134 Å². The van der Waals surface area contributed by atoms with Crippen molar-refractivity contribution in [3.63, 3.8) is 0 Å². The molecule has 2 aromatic rings. The maximum Gasteiger partial charge on any atom is 0.303 e. The smallest absolute Gasteiger partial charge is 0.303 e. The number of methoxy groups -OCH3 is 1. The van der Waals surface area contributed by atoms with Crippen molar-refractivity contribution in [1.82, 2.24) is 15.2 Å². The van der Waals surface area contributed by atoms with Crippen LogP contribution in [0.1, 0.15) is 12.1 Å². The predicted molar refractivity (Wildman–Crippen MR) is 91.0 cm³/mol. The van der Waals surface area contributed by atoms with Crippen molar-refractivity contribution in [2.45, 2.75) is 18.0 Å². The van der Waals surface area contributed by atoms with Crippen molar-refractivity contribution >= 4 is 29.3 Å². The molecule has 1 heterocycles. The number of thioether (sulfide) groups is 1. The van der Waals surface area contributed by atoms with Crippen molar-refractivity contribution in [1.29, 1.82) is 0 Å². The number of nitrogens with one attached hydrogen (secondary N) is 2. The number of carboxylic acids is 1. The Morgan fingerprint density at radius 2 is 2.00 bits per heavy atom. The van der Waals surface area contributed by atoms with Gasteiger partial charge in [0, 0.05) is 12.1 Å². The molecule has 0 atom stereocenters. The molecule has 2 rings (SSSR count). The number of nitrogens with zero attached hydrogens (tertiary/aromatic N) is 2. The normalized spacial score (nSPS) is 10.3. The summed E-state index contributed by atoms with van der Waals surface area (Å²) >= 11 is 1.02. The van der Waals surface area contributed by atoms with Crippen LogP contribution in [0.4, 0.5) is 5.69 Å². The Bertz CT molecular complexity index is 806. The monoisotopic (exact) mass is 364 g/mol. The molecule has 10 heteroatoms. The molecule has 0 radical (unpaired) electrons. The number of carboxylic acid groups (broad SMARTS) is 1. The van der Waals surface area contributed by atoms with Gasteiger partial charge in [-0.15, -0.1) is 10.2 Å². The zero-order chi connectivity index (χ0) is 18.2. The van der Waals surface area contributed by atoms with E-state index in [1.165, 1.54) is 0 Å². The van der Waals surface area contributed by atoms with Gasteiger partial charge in [-0.05, 0) is 24.3 Å². The first kappa shape index (κ1) is 18.5. The highest BCUT2D eigenvalue weighted by Crippen LogP contribution is 2.16. The number of aryl methyl sites for hydroxylation is 1. The molecule has 0 fully saturated rings. The summed E-state index contributed by atoms with van der Waals surface area (Å²) in [5.41, 5.74) is 0.166. The van der Waals surface area contributed by atoms with Gasteiger partial charge in [-0.2, -0.15) is 0 Å². The van der Waals surface area contributed by atoms with Gasteiger partial charge < -0.3 is 15.2 Å². The Labute approximate surface area is 146 Å². The maximum absolute atomic E-state index is 11.9. The molecule has 132 valence electrons. The van der Waals surface area contributed by atoms with Crippen LogP contribution in [0.15, 0.2) is 34.2 Å². The minimum atomic E-state index is -1.02. The number of amides is 1. The molecule has 1 aromatic heterocycles. The fraction of sp³-hybridized carbons (Fsp3) is 0.267. The van der Waals surface area contributed by atoms with E-state index in [0.29, 0.717) is 11.4 Å². The largest absolute Gasteiger partial charge is 0.497 e. The molecule has 0 unspecified atom stereocenters. The van der Waals surface area contributed by atoms with Crippen LogP contribution in [0.25, 0.3) is 0 Å². The molecule has 25 heavy (non-hydrogen) atoms. The first-order chi connectivity index (χ1) is 12.0. The van der Waals surface area contributed by atoms with Gasteiger partial charge in [0.25, 0.3) is 5.56 Å². The summed E-state index contributed by atoms with van der Waals surface area (Å²) in [5.74, 6) is -0.573. The fourth-order valence-corrected chi connectivity index (χ4v) is 2.41. The lowest BCUT2D eigenvalue weighted by Crippen LogP contribution is -2.19. The molecule has 0 saturated carbocycles. The molecule has 0 aliphatic heterocycles. The van der Waals surface area contributed by atoms with Crippen molar-refractivity contribution in [3.05, 3.63) is 40.3 Å².